The number of hydrogen-bond acceptors (Lipinski definition) is 6. The Morgan fingerprint density at radius 3 is 2.90 bits per heavy atom. The van der Waals surface area contributed by atoms with E-state index in [-0.39, 0.29) is 0 Å². The fourth-order valence-electron chi connectivity index (χ4n) is 4.51. The molecule has 146 valence electrons. The van der Waals surface area contributed by atoms with Crippen molar-refractivity contribution in [2.24, 2.45) is 11.8 Å². The van der Waals surface area contributed by atoms with Crippen LogP contribution in [0.5, 0.6) is 0 Å². The molecule has 4 heterocycles. The van der Waals surface area contributed by atoms with E-state index in [4.69, 9.17) is 5.73 Å². The molecule has 1 saturated carbocycles. The third kappa shape index (κ3) is 3.10. The lowest BCUT2D eigenvalue weighted by molar-refractivity contribution is 0.685. The van der Waals surface area contributed by atoms with Crippen molar-refractivity contribution in [2.75, 3.05) is 23.7 Å². The summed E-state index contributed by atoms with van der Waals surface area (Å²) in [6.07, 6.45) is 6.10. The summed E-state index contributed by atoms with van der Waals surface area (Å²) in [7, 11) is 0. The van der Waals surface area contributed by atoms with Crippen molar-refractivity contribution < 1.29 is 0 Å². The minimum Gasteiger partial charge on any atom is -0.384 e. The van der Waals surface area contributed by atoms with Gasteiger partial charge in [0.1, 0.15) is 11.3 Å². The van der Waals surface area contributed by atoms with Crippen LogP contribution >= 0.6 is 0 Å². The van der Waals surface area contributed by atoms with E-state index in [2.05, 4.69) is 60.9 Å². The highest BCUT2D eigenvalue weighted by molar-refractivity contribution is 5.76. The second-order valence-corrected chi connectivity index (χ2v) is 8.26. The van der Waals surface area contributed by atoms with Gasteiger partial charge in [0, 0.05) is 31.4 Å². The zero-order valence-corrected chi connectivity index (χ0v) is 16.0. The lowest BCUT2D eigenvalue weighted by Gasteiger charge is -2.20. The minimum absolute atomic E-state index is 0.449. The fourth-order valence-corrected chi connectivity index (χ4v) is 4.51. The van der Waals surface area contributed by atoms with E-state index in [1.54, 1.807) is 0 Å². The van der Waals surface area contributed by atoms with Gasteiger partial charge < -0.3 is 10.6 Å². The van der Waals surface area contributed by atoms with E-state index in [1.165, 1.54) is 30.8 Å². The van der Waals surface area contributed by atoms with Crippen LogP contribution in [-0.4, -0.2) is 43.3 Å². The smallest absolute Gasteiger partial charge is 0.203 e. The maximum absolute atomic E-state index is 5.90. The van der Waals surface area contributed by atoms with Crippen molar-refractivity contribution >= 4 is 22.7 Å². The molecule has 2 fully saturated rings. The predicted molar refractivity (Wildman–Crippen MR) is 110 cm³/mol. The molecule has 1 aliphatic carbocycles. The van der Waals surface area contributed by atoms with Gasteiger partial charge in [0.05, 0.1) is 12.7 Å². The molecule has 1 aliphatic heterocycles. The molecule has 4 aromatic rings. The maximum Gasteiger partial charge on any atom is 0.203 e. The number of nitrogens with two attached hydrogens (primary N) is 1. The Labute approximate surface area is 167 Å². The second-order valence-electron chi connectivity index (χ2n) is 8.26. The Kier molecular flexibility index (Phi) is 3.59. The molecule has 8 nitrogen and oxygen atoms in total. The molecule has 3 aromatic heterocycles. The van der Waals surface area contributed by atoms with Gasteiger partial charge in [-0.3, -0.25) is 4.68 Å². The highest BCUT2D eigenvalue weighted by atomic mass is 15.3. The number of fused-ring (bicyclic) bond motifs is 2. The molecule has 3 N–H and O–H groups in total. The normalized spacial score (nSPS) is 20.3. The Balaban J connectivity index is 1.19. The molecule has 29 heavy (non-hydrogen) atoms. The second kappa shape index (κ2) is 6.30. The van der Waals surface area contributed by atoms with Gasteiger partial charge in [-0.05, 0) is 53.1 Å². The van der Waals surface area contributed by atoms with Gasteiger partial charge in [0.25, 0.3) is 0 Å². The molecule has 2 aliphatic rings. The van der Waals surface area contributed by atoms with E-state index >= 15 is 0 Å². The van der Waals surface area contributed by atoms with Crippen LogP contribution in [0.1, 0.15) is 23.1 Å². The van der Waals surface area contributed by atoms with Crippen LogP contribution in [0.15, 0.2) is 42.7 Å². The van der Waals surface area contributed by atoms with E-state index in [1.807, 2.05) is 16.9 Å². The molecular formula is C21H22N8. The summed E-state index contributed by atoms with van der Waals surface area (Å²) >= 11 is 0. The predicted octanol–water partition coefficient (Wildman–Crippen LogP) is 2.23. The molecule has 0 spiro atoms. The quantitative estimate of drug-likeness (QED) is 0.545. The lowest BCUT2D eigenvalue weighted by Crippen LogP contribution is -2.21. The molecule has 0 bridgehead atoms. The average Bonchev–Trinajstić information content (AvgIpc) is 3.12. The number of piperidine rings is 1. The number of nitrogen functional groups attached to an aromatic ring is 1. The SMILES string of the molecule is Nc1cc(Cc2cnn(Cc3cccc(N4CC5CC5C4)c3)c2)c2n[nH]nc2n1. The summed E-state index contributed by atoms with van der Waals surface area (Å²) in [5.41, 5.74) is 11.9. The lowest BCUT2D eigenvalue weighted by atomic mass is 10.1. The van der Waals surface area contributed by atoms with Crippen LogP contribution in [0.4, 0.5) is 11.5 Å². The Bertz CT molecular complexity index is 1180. The number of benzene rings is 1. The highest BCUT2D eigenvalue weighted by Crippen LogP contribution is 2.46. The van der Waals surface area contributed by atoms with Gasteiger partial charge in [-0.2, -0.15) is 15.4 Å². The van der Waals surface area contributed by atoms with Gasteiger partial charge in [0.2, 0.25) is 5.65 Å². The van der Waals surface area contributed by atoms with Gasteiger partial charge in [-0.25, -0.2) is 4.98 Å². The van der Waals surface area contributed by atoms with Gasteiger partial charge in [-0.1, -0.05) is 12.1 Å². The van der Waals surface area contributed by atoms with Crippen molar-refractivity contribution in [3.05, 3.63) is 59.4 Å². The monoisotopic (exact) mass is 386 g/mol. The van der Waals surface area contributed by atoms with E-state index in [0.717, 1.165) is 35.0 Å². The first kappa shape index (κ1) is 16.5. The van der Waals surface area contributed by atoms with Crippen LogP contribution in [0, 0.1) is 11.8 Å². The van der Waals surface area contributed by atoms with E-state index < -0.39 is 0 Å². The molecule has 6 rings (SSSR count). The van der Waals surface area contributed by atoms with Crippen LogP contribution in [-0.2, 0) is 13.0 Å². The number of hydrogen-bond donors (Lipinski definition) is 2. The Hall–Kier alpha value is -3.42. The van der Waals surface area contributed by atoms with E-state index in [0.29, 0.717) is 17.9 Å². The van der Waals surface area contributed by atoms with Gasteiger partial charge in [0.15, 0.2) is 0 Å². The molecule has 8 heteroatoms. The molecular weight excluding hydrogens is 364 g/mol. The van der Waals surface area contributed by atoms with Crippen molar-refractivity contribution in [2.45, 2.75) is 19.4 Å². The standard InChI is InChI=1S/C21H22N8/c22-19-7-15(20-21(24-19)26-27-25-20)4-14-8-23-29(10-14)9-13-2-1-3-18(5-13)28-11-16-6-17(16)12-28/h1-3,5,7-8,10,16-17H,4,6,9,11-12H2,(H3,22,24,25,26,27). The summed E-state index contributed by atoms with van der Waals surface area (Å²) in [4.78, 5) is 6.72. The summed E-state index contributed by atoms with van der Waals surface area (Å²) in [6, 6.07) is 10.7. The van der Waals surface area contributed by atoms with Crippen LogP contribution in [0.3, 0.4) is 0 Å². The molecule has 0 amide bonds. The molecule has 2 unspecified atom stereocenters. The molecule has 1 saturated heterocycles. The topological polar surface area (TPSA) is 102 Å². The number of anilines is 2. The molecule has 1 aromatic carbocycles. The van der Waals surface area contributed by atoms with Crippen LogP contribution < -0.4 is 10.6 Å². The van der Waals surface area contributed by atoms with Crippen molar-refractivity contribution in [3.63, 3.8) is 0 Å². The average molecular weight is 386 g/mol. The number of H-pyrrole nitrogens is 1. The summed E-state index contributed by atoms with van der Waals surface area (Å²) in [5.74, 6) is 2.32. The largest absolute Gasteiger partial charge is 0.384 e. The maximum atomic E-state index is 5.90. The first-order valence-corrected chi connectivity index (χ1v) is 10.0. The summed E-state index contributed by atoms with van der Waals surface area (Å²) in [6.45, 7) is 3.18. The van der Waals surface area contributed by atoms with Gasteiger partial charge >= 0.3 is 0 Å². The highest BCUT2D eigenvalue weighted by Gasteiger charge is 2.45. The zero-order chi connectivity index (χ0) is 19.4. The zero-order valence-electron chi connectivity index (χ0n) is 16.0. The Morgan fingerprint density at radius 2 is 2.00 bits per heavy atom. The first-order valence-electron chi connectivity index (χ1n) is 10.0. The first-order chi connectivity index (χ1) is 14.2. The number of nitrogens with zero attached hydrogens (tertiary/aromatic N) is 6. The van der Waals surface area contributed by atoms with Crippen LogP contribution in [0.25, 0.3) is 11.2 Å². The number of aromatic nitrogens is 6. The van der Waals surface area contributed by atoms with E-state index in [9.17, 15) is 0 Å². The fraction of sp³-hybridized carbons (Fsp3) is 0.333. The minimum atomic E-state index is 0.449. The number of aromatic amines is 1. The summed E-state index contributed by atoms with van der Waals surface area (Å²) in [5, 5.41) is 15.4. The number of rotatable bonds is 5. The third-order valence-electron chi connectivity index (χ3n) is 6.07. The van der Waals surface area contributed by atoms with Crippen LogP contribution in [0.2, 0.25) is 0 Å². The van der Waals surface area contributed by atoms with Crippen molar-refractivity contribution in [1.29, 1.82) is 0 Å². The van der Waals surface area contributed by atoms with Crippen molar-refractivity contribution in [1.82, 2.24) is 30.2 Å². The summed E-state index contributed by atoms with van der Waals surface area (Å²) < 4.78 is 1.99. The number of nitrogens with one attached hydrogen (secondary N) is 1. The van der Waals surface area contributed by atoms with Crippen molar-refractivity contribution in [3.8, 4) is 0 Å². The van der Waals surface area contributed by atoms with Gasteiger partial charge in [-0.15, -0.1) is 5.10 Å². The number of pyridine rings is 1. The Morgan fingerprint density at radius 1 is 1.10 bits per heavy atom. The molecule has 2 atom stereocenters. The molecule has 0 radical (unpaired) electrons. The third-order valence-corrected chi connectivity index (χ3v) is 6.07.